The van der Waals surface area contributed by atoms with Crippen molar-refractivity contribution in [1.29, 1.82) is 0 Å². The van der Waals surface area contributed by atoms with Gasteiger partial charge in [0.2, 0.25) is 0 Å². The summed E-state index contributed by atoms with van der Waals surface area (Å²) >= 11 is 0. The molecule has 0 unspecified atom stereocenters. The number of fused-ring (bicyclic) bond motifs is 1. The highest BCUT2D eigenvalue weighted by Gasteiger charge is 2.01. The second-order valence-electron chi connectivity index (χ2n) is 3.31. The molecule has 0 fully saturated rings. The van der Waals surface area contributed by atoms with E-state index in [0.717, 1.165) is 16.6 Å². The van der Waals surface area contributed by atoms with Gasteiger partial charge in [0, 0.05) is 24.8 Å². The van der Waals surface area contributed by atoms with E-state index >= 15 is 0 Å². The third kappa shape index (κ3) is 5.80. The second kappa shape index (κ2) is 12.1. The Bertz CT molecular complexity index is 369. The molecule has 0 N–H and O–H groups in total. The van der Waals surface area contributed by atoms with Crippen molar-refractivity contribution in [1.82, 2.24) is 14.8 Å². The van der Waals surface area contributed by atoms with Gasteiger partial charge in [0.05, 0.1) is 11.2 Å². The minimum Gasteiger partial charge on any atom is -0.268 e. The minimum absolute atomic E-state index is 1.04. The Morgan fingerprint density at radius 3 is 2.06 bits per heavy atom. The smallest absolute Gasteiger partial charge is 0.0712 e. The fraction of sp³-hybridized carbons (Fsp3) is 0.600. The van der Waals surface area contributed by atoms with Crippen LogP contribution in [0.15, 0.2) is 18.5 Å². The minimum atomic E-state index is 1.04. The van der Waals surface area contributed by atoms with Crippen molar-refractivity contribution in [3.8, 4) is 0 Å². The first-order valence-electron chi connectivity index (χ1n) is 6.94. The first-order valence-corrected chi connectivity index (χ1v) is 6.94. The number of hydrogen-bond acceptors (Lipinski definition) is 2. The Morgan fingerprint density at radius 2 is 1.61 bits per heavy atom. The van der Waals surface area contributed by atoms with Gasteiger partial charge in [0.25, 0.3) is 0 Å². The van der Waals surface area contributed by atoms with Crippen molar-refractivity contribution in [2.24, 2.45) is 7.05 Å². The molecule has 0 aliphatic carbocycles. The van der Waals surface area contributed by atoms with E-state index in [1.54, 1.807) is 6.20 Å². The maximum atomic E-state index is 4.27. The van der Waals surface area contributed by atoms with Gasteiger partial charge in [0.1, 0.15) is 0 Å². The van der Waals surface area contributed by atoms with E-state index in [4.69, 9.17) is 0 Å². The largest absolute Gasteiger partial charge is 0.268 e. The Morgan fingerprint density at radius 1 is 1.11 bits per heavy atom. The number of pyridine rings is 1. The molecule has 0 aliphatic heterocycles. The number of nitrogens with zero attached hydrogens (tertiary/aromatic N) is 3. The van der Waals surface area contributed by atoms with Gasteiger partial charge in [-0.3, -0.25) is 9.67 Å². The molecule has 2 heterocycles. The van der Waals surface area contributed by atoms with E-state index in [1.165, 1.54) is 6.42 Å². The first-order chi connectivity index (χ1) is 8.70. The van der Waals surface area contributed by atoms with Crippen LogP contribution >= 0.6 is 0 Å². The first kappa shape index (κ1) is 19.0. The summed E-state index contributed by atoms with van der Waals surface area (Å²) in [6, 6.07) is 1.97. The average Bonchev–Trinajstić information content (AvgIpc) is 2.72. The van der Waals surface area contributed by atoms with Gasteiger partial charge in [-0.15, -0.1) is 0 Å². The van der Waals surface area contributed by atoms with Crippen molar-refractivity contribution < 1.29 is 0 Å². The monoisotopic (exact) mass is 251 g/mol. The average molecular weight is 251 g/mol. The number of aromatic nitrogens is 3. The van der Waals surface area contributed by atoms with E-state index in [1.807, 2.05) is 58.6 Å². The Balaban J connectivity index is 0. The fourth-order valence-corrected chi connectivity index (χ4v) is 1.28. The number of aryl methyl sites for hydroxylation is 2. The highest BCUT2D eigenvalue weighted by Crippen LogP contribution is 2.14. The fourth-order valence-electron chi connectivity index (χ4n) is 1.28. The van der Waals surface area contributed by atoms with Crippen LogP contribution in [-0.2, 0) is 7.05 Å². The van der Waals surface area contributed by atoms with E-state index in [2.05, 4.69) is 23.9 Å². The lowest BCUT2D eigenvalue weighted by Crippen LogP contribution is -1.88. The standard InChI is InChI=1S/C8H9N3.C3H8.2C2H6/c1-6-7-5-9-4-3-8(7)11(2)10-6;1-3-2;2*1-2/h3-5H,1-2H3;3H2,1-2H3;2*1-2H3. The predicted molar refractivity (Wildman–Crippen MR) is 81.9 cm³/mol. The molecule has 2 aromatic heterocycles. The van der Waals surface area contributed by atoms with Crippen LogP contribution in [0.3, 0.4) is 0 Å². The van der Waals surface area contributed by atoms with Gasteiger partial charge in [-0.2, -0.15) is 5.10 Å². The molecule has 0 aromatic carbocycles. The molecule has 0 spiro atoms. The molecule has 2 rings (SSSR count). The van der Waals surface area contributed by atoms with Gasteiger partial charge in [0.15, 0.2) is 0 Å². The molecule has 2 aromatic rings. The molecular formula is C15H29N3. The molecule has 3 nitrogen and oxygen atoms in total. The van der Waals surface area contributed by atoms with Crippen LogP contribution in [0, 0.1) is 6.92 Å². The molecule has 0 saturated carbocycles. The van der Waals surface area contributed by atoms with Gasteiger partial charge in [-0.25, -0.2) is 0 Å². The maximum absolute atomic E-state index is 4.27. The van der Waals surface area contributed by atoms with E-state index in [-0.39, 0.29) is 0 Å². The van der Waals surface area contributed by atoms with Gasteiger partial charge in [-0.05, 0) is 13.0 Å². The molecule has 104 valence electrons. The highest BCUT2D eigenvalue weighted by molar-refractivity contribution is 5.80. The van der Waals surface area contributed by atoms with Crippen molar-refractivity contribution in [2.75, 3.05) is 0 Å². The Labute approximate surface area is 112 Å². The van der Waals surface area contributed by atoms with Gasteiger partial charge >= 0.3 is 0 Å². The van der Waals surface area contributed by atoms with Crippen LogP contribution in [0.5, 0.6) is 0 Å². The third-order valence-corrected chi connectivity index (χ3v) is 1.84. The molecule has 3 heteroatoms. The second-order valence-corrected chi connectivity index (χ2v) is 3.31. The van der Waals surface area contributed by atoms with E-state index < -0.39 is 0 Å². The summed E-state index contributed by atoms with van der Waals surface area (Å²) in [6.45, 7) is 14.2. The zero-order valence-corrected chi connectivity index (χ0v) is 13.3. The van der Waals surface area contributed by atoms with E-state index in [0.29, 0.717) is 0 Å². The highest BCUT2D eigenvalue weighted by atomic mass is 15.3. The summed E-state index contributed by atoms with van der Waals surface area (Å²) in [5.41, 5.74) is 2.17. The Hall–Kier alpha value is -1.38. The van der Waals surface area contributed by atoms with E-state index in [9.17, 15) is 0 Å². The van der Waals surface area contributed by atoms with Crippen LogP contribution in [0.4, 0.5) is 0 Å². The molecular weight excluding hydrogens is 222 g/mol. The molecule has 0 bridgehead atoms. The van der Waals surface area contributed by atoms with Crippen LogP contribution in [0.1, 0.15) is 53.7 Å². The summed E-state index contributed by atoms with van der Waals surface area (Å²) < 4.78 is 1.87. The Kier molecular flexibility index (Phi) is 12.7. The van der Waals surface area contributed by atoms with Crippen molar-refractivity contribution in [3.63, 3.8) is 0 Å². The maximum Gasteiger partial charge on any atom is 0.0712 e. The quantitative estimate of drug-likeness (QED) is 0.676. The zero-order chi connectivity index (χ0) is 14.6. The predicted octanol–water partition coefficient (Wildman–Crippen LogP) is 4.75. The van der Waals surface area contributed by atoms with Crippen LogP contribution in [0.2, 0.25) is 0 Å². The SMILES string of the molecule is CC.CC.CCC.Cc1nn(C)c2ccncc12. The lowest BCUT2D eigenvalue weighted by atomic mass is 10.3. The number of hydrogen-bond donors (Lipinski definition) is 0. The van der Waals surface area contributed by atoms with Crippen molar-refractivity contribution in [2.45, 2.75) is 54.9 Å². The summed E-state index contributed by atoms with van der Waals surface area (Å²) in [6.07, 6.45) is 4.88. The van der Waals surface area contributed by atoms with Crippen LogP contribution in [-0.4, -0.2) is 14.8 Å². The van der Waals surface area contributed by atoms with Crippen LogP contribution < -0.4 is 0 Å². The summed E-state index contributed by atoms with van der Waals surface area (Å²) in [5.74, 6) is 0. The molecule has 0 radical (unpaired) electrons. The van der Waals surface area contributed by atoms with Crippen LogP contribution in [0.25, 0.3) is 10.9 Å². The lowest BCUT2D eigenvalue weighted by molar-refractivity contribution is 0.783. The zero-order valence-electron chi connectivity index (χ0n) is 13.3. The molecule has 0 saturated heterocycles. The summed E-state index contributed by atoms with van der Waals surface area (Å²) in [7, 11) is 1.94. The number of rotatable bonds is 0. The molecule has 0 aliphatic rings. The van der Waals surface area contributed by atoms with Crippen molar-refractivity contribution in [3.05, 3.63) is 24.2 Å². The summed E-state index contributed by atoms with van der Waals surface area (Å²) in [4.78, 5) is 4.03. The third-order valence-electron chi connectivity index (χ3n) is 1.84. The topological polar surface area (TPSA) is 30.7 Å². The lowest BCUT2D eigenvalue weighted by Gasteiger charge is -1.89. The molecule has 0 amide bonds. The summed E-state index contributed by atoms with van der Waals surface area (Å²) in [5, 5.41) is 5.40. The van der Waals surface area contributed by atoms with Gasteiger partial charge in [-0.1, -0.05) is 48.0 Å². The molecule has 18 heavy (non-hydrogen) atoms. The van der Waals surface area contributed by atoms with Crippen molar-refractivity contribution >= 4 is 10.9 Å². The van der Waals surface area contributed by atoms with Gasteiger partial charge < -0.3 is 0 Å². The molecule has 0 atom stereocenters. The normalized spacial score (nSPS) is 8.22.